The van der Waals surface area contributed by atoms with E-state index in [1.54, 1.807) is 0 Å². The van der Waals surface area contributed by atoms with Gasteiger partial charge in [-0.1, -0.05) is 48.5 Å². The third-order valence-corrected chi connectivity index (χ3v) is 4.20. The first kappa shape index (κ1) is 17.0. The number of anilines is 1. The molecule has 1 fully saturated rings. The molecule has 3 atom stereocenters. The van der Waals surface area contributed by atoms with E-state index in [1.165, 1.54) is 0 Å². The van der Waals surface area contributed by atoms with Crippen LogP contribution in [0.15, 0.2) is 60.7 Å². The average molecular weight is 327 g/mol. The zero-order valence-electron chi connectivity index (χ0n) is 13.8. The van der Waals surface area contributed by atoms with Gasteiger partial charge in [0.05, 0.1) is 0 Å². The van der Waals surface area contributed by atoms with E-state index in [4.69, 9.17) is 9.47 Å². The van der Waals surface area contributed by atoms with Crippen LogP contribution in [0.3, 0.4) is 0 Å². The summed E-state index contributed by atoms with van der Waals surface area (Å²) in [6.45, 7) is 1.14. The van der Waals surface area contributed by atoms with Crippen molar-refractivity contribution in [2.75, 3.05) is 18.5 Å². The second-order valence-electron chi connectivity index (χ2n) is 6.08. The van der Waals surface area contributed by atoms with Crippen LogP contribution in [0, 0.1) is 0 Å². The number of benzene rings is 2. The molecule has 1 heterocycles. The number of rotatable bonds is 7. The Labute approximate surface area is 143 Å². The minimum absolute atomic E-state index is 0.240. The first-order chi connectivity index (χ1) is 11.8. The van der Waals surface area contributed by atoms with Crippen molar-refractivity contribution in [3.05, 3.63) is 66.2 Å². The highest BCUT2D eigenvalue weighted by Crippen LogP contribution is 2.27. The van der Waals surface area contributed by atoms with Crippen molar-refractivity contribution in [2.45, 2.75) is 37.8 Å². The van der Waals surface area contributed by atoms with Crippen LogP contribution >= 0.6 is 0 Å². The molecular formula is C20H25NO3. The molecule has 4 nitrogen and oxygen atoms in total. The van der Waals surface area contributed by atoms with Crippen molar-refractivity contribution in [1.29, 1.82) is 0 Å². The zero-order valence-corrected chi connectivity index (χ0v) is 13.8. The standard InChI is InChI=1S/C20H25NO3/c22-18(15-21-17-11-5-2-6-12-17)20(16-9-3-1-4-10-16)24-19-13-7-8-14-23-19/h1-6,9-12,18-22H,7-8,13-15H2. The van der Waals surface area contributed by atoms with Gasteiger partial charge in [-0.05, 0) is 37.0 Å². The van der Waals surface area contributed by atoms with E-state index >= 15 is 0 Å². The molecule has 0 amide bonds. The first-order valence-corrected chi connectivity index (χ1v) is 8.62. The van der Waals surface area contributed by atoms with Crippen LogP contribution in [0.1, 0.15) is 30.9 Å². The summed E-state index contributed by atoms with van der Waals surface area (Å²) in [4.78, 5) is 0. The van der Waals surface area contributed by atoms with Gasteiger partial charge in [0.2, 0.25) is 0 Å². The molecule has 128 valence electrons. The van der Waals surface area contributed by atoms with E-state index in [1.807, 2.05) is 60.7 Å². The van der Waals surface area contributed by atoms with Gasteiger partial charge in [0.1, 0.15) is 12.2 Å². The lowest BCUT2D eigenvalue weighted by atomic mass is 10.0. The van der Waals surface area contributed by atoms with Gasteiger partial charge in [-0.15, -0.1) is 0 Å². The van der Waals surface area contributed by atoms with Crippen LogP contribution in [0.5, 0.6) is 0 Å². The molecule has 2 aromatic rings. The second kappa shape index (κ2) is 8.83. The lowest BCUT2D eigenvalue weighted by molar-refractivity contribution is -0.207. The molecule has 4 heteroatoms. The molecule has 24 heavy (non-hydrogen) atoms. The number of nitrogens with one attached hydrogen (secondary N) is 1. The van der Waals surface area contributed by atoms with Crippen molar-refractivity contribution < 1.29 is 14.6 Å². The summed E-state index contributed by atoms with van der Waals surface area (Å²) in [7, 11) is 0. The Hall–Kier alpha value is -1.88. The lowest BCUT2D eigenvalue weighted by Crippen LogP contribution is -2.33. The highest BCUT2D eigenvalue weighted by molar-refractivity contribution is 5.42. The Morgan fingerprint density at radius 2 is 1.75 bits per heavy atom. The number of ether oxygens (including phenoxy) is 2. The Balaban J connectivity index is 1.66. The van der Waals surface area contributed by atoms with Crippen molar-refractivity contribution in [3.8, 4) is 0 Å². The SMILES string of the molecule is OC(CNc1ccccc1)C(OC1CCCCO1)c1ccccc1. The van der Waals surface area contributed by atoms with Gasteiger partial charge in [-0.2, -0.15) is 0 Å². The van der Waals surface area contributed by atoms with Gasteiger partial charge in [0, 0.05) is 18.8 Å². The van der Waals surface area contributed by atoms with Crippen LogP contribution in [0.4, 0.5) is 5.69 Å². The van der Waals surface area contributed by atoms with Gasteiger partial charge in [-0.25, -0.2) is 0 Å². The molecule has 0 radical (unpaired) electrons. The molecule has 0 spiro atoms. The minimum Gasteiger partial charge on any atom is -0.388 e. The molecule has 1 aliphatic rings. The monoisotopic (exact) mass is 327 g/mol. The molecule has 0 saturated carbocycles. The van der Waals surface area contributed by atoms with Crippen LogP contribution in [-0.4, -0.2) is 30.7 Å². The summed E-state index contributed by atoms with van der Waals surface area (Å²) in [5.74, 6) is 0. The number of para-hydroxylation sites is 1. The van der Waals surface area contributed by atoms with E-state index in [9.17, 15) is 5.11 Å². The number of aliphatic hydroxyl groups is 1. The Morgan fingerprint density at radius 1 is 1.04 bits per heavy atom. The maximum Gasteiger partial charge on any atom is 0.158 e. The predicted molar refractivity (Wildman–Crippen MR) is 94.8 cm³/mol. The van der Waals surface area contributed by atoms with E-state index in [0.717, 1.165) is 37.1 Å². The molecule has 2 aromatic carbocycles. The van der Waals surface area contributed by atoms with Crippen molar-refractivity contribution in [1.82, 2.24) is 0 Å². The van der Waals surface area contributed by atoms with E-state index < -0.39 is 12.2 Å². The highest BCUT2D eigenvalue weighted by atomic mass is 16.7. The summed E-state index contributed by atoms with van der Waals surface area (Å²) in [5, 5.41) is 14.0. The van der Waals surface area contributed by atoms with Crippen molar-refractivity contribution in [3.63, 3.8) is 0 Å². The highest BCUT2D eigenvalue weighted by Gasteiger charge is 2.27. The summed E-state index contributed by atoms with van der Waals surface area (Å²) in [5.41, 5.74) is 1.95. The third kappa shape index (κ3) is 4.81. The summed E-state index contributed by atoms with van der Waals surface area (Å²) >= 11 is 0. The van der Waals surface area contributed by atoms with Gasteiger partial charge < -0.3 is 19.9 Å². The summed E-state index contributed by atoms with van der Waals surface area (Å²) < 4.78 is 11.8. The fraction of sp³-hybridized carbons (Fsp3) is 0.400. The van der Waals surface area contributed by atoms with Gasteiger partial charge in [0.15, 0.2) is 6.29 Å². The first-order valence-electron chi connectivity index (χ1n) is 8.62. The van der Waals surface area contributed by atoms with Crippen LogP contribution in [0.25, 0.3) is 0 Å². The zero-order chi connectivity index (χ0) is 16.6. The lowest BCUT2D eigenvalue weighted by Gasteiger charge is -2.31. The predicted octanol–water partition coefficient (Wildman–Crippen LogP) is 3.74. The fourth-order valence-corrected chi connectivity index (χ4v) is 2.90. The molecular weight excluding hydrogens is 302 g/mol. The van der Waals surface area contributed by atoms with Gasteiger partial charge in [0.25, 0.3) is 0 Å². The quantitative estimate of drug-likeness (QED) is 0.813. The Bertz CT molecular complexity index is 584. The molecule has 0 aliphatic carbocycles. The molecule has 1 saturated heterocycles. The van der Waals surface area contributed by atoms with E-state index in [-0.39, 0.29) is 6.29 Å². The van der Waals surface area contributed by atoms with Crippen LogP contribution in [0.2, 0.25) is 0 Å². The molecule has 0 aromatic heterocycles. The van der Waals surface area contributed by atoms with E-state index in [0.29, 0.717) is 6.54 Å². The Morgan fingerprint density at radius 3 is 2.42 bits per heavy atom. The van der Waals surface area contributed by atoms with Crippen molar-refractivity contribution in [2.24, 2.45) is 0 Å². The number of hydrogen-bond donors (Lipinski definition) is 2. The maximum atomic E-state index is 10.7. The fourth-order valence-electron chi connectivity index (χ4n) is 2.90. The Kier molecular flexibility index (Phi) is 6.24. The third-order valence-electron chi connectivity index (χ3n) is 4.20. The summed E-state index contributed by atoms with van der Waals surface area (Å²) in [6.07, 6.45) is 1.74. The van der Waals surface area contributed by atoms with Gasteiger partial charge in [-0.3, -0.25) is 0 Å². The molecule has 2 N–H and O–H groups in total. The molecule has 0 bridgehead atoms. The smallest absolute Gasteiger partial charge is 0.158 e. The minimum atomic E-state index is -0.668. The maximum absolute atomic E-state index is 10.7. The molecule has 1 aliphatic heterocycles. The molecule has 3 rings (SSSR count). The summed E-state index contributed by atoms with van der Waals surface area (Å²) in [6, 6.07) is 19.7. The van der Waals surface area contributed by atoms with Crippen molar-refractivity contribution >= 4 is 5.69 Å². The van der Waals surface area contributed by atoms with Crippen LogP contribution < -0.4 is 5.32 Å². The normalized spacial score (nSPS) is 20.3. The number of aliphatic hydroxyl groups excluding tert-OH is 1. The van der Waals surface area contributed by atoms with Crippen LogP contribution in [-0.2, 0) is 9.47 Å². The van der Waals surface area contributed by atoms with Gasteiger partial charge >= 0.3 is 0 Å². The molecule has 3 unspecified atom stereocenters. The average Bonchev–Trinajstić information content (AvgIpc) is 2.66. The topological polar surface area (TPSA) is 50.7 Å². The number of hydrogen-bond acceptors (Lipinski definition) is 4. The largest absolute Gasteiger partial charge is 0.388 e. The van der Waals surface area contributed by atoms with E-state index in [2.05, 4.69) is 5.32 Å². The second-order valence-corrected chi connectivity index (χ2v) is 6.08.